The highest BCUT2D eigenvalue weighted by Gasteiger charge is 2.08. The Labute approximate surface area is 148 Å². The van der Waals surface area contributed by atoms with Crippen LogP contribution in [0.15, 0.2) is 36.4 Å². The highest BCUT2D eigenvalue weighted by atomic mass is 16.5. The van der Waals surface area contributed by atoms with Crippen LogP contribution in [0.2, 0.25) is 0 Å². The summed E-state index contributed by atoms with van der Waals surface area (Å²) in [6.07, 6.45) is 0.359. The first kappa shape index (κ1) is 14.1. The summed E-state index contributed by atoms with van der Waals surface area (Å²) in [6, 6.07) is 8.21. The monoisotopic (exact) mass is 348 g/mol. The van der Waals surface area contributed by atoms with Crippen molar-refractivity contribution in [2.45, 2.75) is 19.3 Å². The molecule has 2 aromatic rings. The lowest BCUT2D eigenvalue weighted by Gasteiger charge is -2.07. The number of ether oxygens (including phenoxy) is 1. The maximum atomic E-state index is 11.9. The van der Waals surface area contributed by atoms with Crippen LogP contribution in [-0.2, 0) is 9.59 Å². The van der Waals surface area contributed by atoms with Crippen molar-refractivity contribution in [1.29, 1.82) is 0 Å². The van der Waals surface area contributed by atoms with Crippen molar-refractivity contribution in [3.8, 4) is 17.4 Å². The molecule has 8 nitrogen and oxygen atoms in total. The quantitative estimate of drug-likeness (QED) is 0.450. The molecule has 0 bridgehead atoms. The van der Waals surface area contributed by atoms with Gasteiger partial charge in [0.25, 0.3) is 0 Å². The lowest BCUT2D eigenvalue weighted by molar-refractivity contribution is -0.117. The molecule has 0 radical (unpaired) electrons. The van der Waals surface area contributed by atoms with E-state index in [9.17, 15) is 19.8 Å². The Morgan fingerprint density at radius 1 is 1.12 bits per heavy atom. The van der Waals surface area contributed by atoms with Gasteiger partial charge in [0.1, 0.15) is 5.82 Å². The Kier molecular flexibility index (Phi) is 4.81. The Bertz CT molecular complexity index is 858. The number of carbonyl (C=O) groups is 2. The first-order valence-corrected chi connectivity index (χ1v) is 7.40. The predicted molar refractivity (Wildman–Crippen MR) is 91.7 cm³/mol. The molecule has 0 aliphatic rings. The molecule has 8 heteroatoms. The fourth-order valence-corrected chi connectivity index (χ4v) is 1.98. The second-order valence-corrected chi connectivity index (χ2v) is 5.12. The Balaban J connectivity index is 1.77. The van der Waals surface area contributed by atoms with E-state index in [1.54, 1.807) is 0 Å². The average Bonchev–Trinajstić information content (AvgIpc) is 2.57. The SMILES string of the molecule is [2H]C([2H])([2H])Oc1cccc(NC(=O)CCCC(=O)Nc2ccc(O)c(O)c2)n1. The standard InChI is InChI=1S/C17H19N3O5/c1-25-17-7-2-4-14(20-17)19-16(24)6-3-5-15(23)18-11-8-9-12(21)13(22)10-11/h2,4,7-10,21-22H,3,5-6H2,1H3,(H,18,23)(H,19,20,24)/i1D3. The van der Waals surface area contributed by atoms with Crippen LogP contribution in [0.4, 0.5) is 11.5 Å². The maximum Gasteiger partial charge on any atom is 0.225 e. The largest absolute Gasteiger partial charge is 0.504 e. The van der Waals surface area contributed by atoms with Gasteiger partial charge in [-0.3, -0.25) is 9.59 Å². The molecule has 2 amide bonds. The molecule has 1 aromatic heterocycles. The number of aromatic hydroxyl groups is 2. The minimum atomic E-state index is -2.64. The number of anilines is 2. The number of hydrogen-bond acceptors (Lipinski definition) is 6. The van der Waals surface area contributed by atoms with Crippen LogP contribution in [0, 0.1) is 0 Å². The molecule has 0 unspecified atom stereocenters. The molecule has 2 rings (SSSR count). The molecule has 1 heterocycles. The van der Waals surface area contributed by atoms with E-state index in [4.69, 9.17) is 4.11 Å². The lowest BCUT2D eigenvalue weighted by Crippen LogP contribution is -2.15. The van der Waals surface area contributed by atoms with Crippen LogP contribution in [0.5, 0.6) is 17.4 Å². The molecule has 0 spiro atoms. The van der Waals surface area contributed by atoms with Crippen LogP contribution in [0.25, 0.3) is 0 Å². The number of benzene rings is 1. The summed E-state index contributed by atoms with van der Waals surface area (Å²) in [7, 11) is -2.64. The number of carbonyl (C=O) groups excluding carboxylic acids is 2. The number of nitrogens with one attached hydrogen (secondary N) is 2. The van der Waals surface area contributed by atoms with E-state index >= 15 is 0 Å². The number of hydrogen-bond donors (Lipinski definition) is 4. The van der Waals surface area contributed by atoms with Crippen molar-refractivity contribution >= 4 is 23.3 Å². The summed E-state index contributed by atoms with van der Waals surface area (Å²) in [5, 5.41) is 23.6. The van der Waals surface area contributed by atoms with Crippen molar-refractivity contribution in [2.24, 2.45) is 0 Å². The molecule has 25 heavy (non-hydrogen) atoms. The minimum absolute atomic E-state index is 0.0419. The number of phenolic OH excluding ortho intramolecular Hbond substituents is 2. The summed E-state index contributed by atoms with van der Waals surface area (Å²) in [4.78, 5) is 27.7. The number of aromatic nitrogens is 1. The molecule has 4 N–H and O–H groups in total. The van der Waals surface area contributed by atoms with E-state index in [1.807, 2.05) is 0 Å². The number of pyridine rings is 1. The Hall–Kier alpha value is -3.29. The van der Waals surface area contributed by atoms with Gasteiger partial charge >= 0.3 is 0 Å². The van der Waals surface area contributed by atoms with E-state index < -0.39 is 12.9 Å². The zero-order valence-corrected chi connectivity index (χ0v) is 13.2. The predicted octanol–water partition coefficient (Wildman–Crippen LogP) is 2.25. The highest BCUT2D eigenvalue weighted by molar-refractivity contribution is 5.92. The smallest absolute Gasteiger partial charge is 0.225 e. The normalized spacial score (nSPS) is 12.4. The van der Waals surface area contributed by atoms with Gasteiger partial charge < -0.3 is 25.6 Å². The molecule has 0 fully saturated rings. The molecule has 0 aliphatic carbocycles. The van der Waals surface area contributed by atoms with E-state index in [2.05, 4.69) is 20.4 Å². The third-order valence-corrected chi connectivity index (χ3v) is 3.16. The van der Waals surface area contributed by atoms with E-state index in [1.165, 1.54) is 36.4 Å². The molecule has 0 atom stereocenters. The highest BCUT2D eigenvalue weighted by Crippen LogP contribution is 2.27. The van der Waals surface area contributed by atoms with Gasteiger partial charge in [0.15, 0.2) is 11.5 Å². The first-order chi connectivity index (χ1) is 13.1. The Morgan fingerprint density at radius 3 is 2.60 bits per heavy atom. The van der Waals surface area contributed by atoms with Gasteiger partial charge in [-0.15, -0.1) is 0 Å². The summed E-state index contributed by atoms with van der Waals surface area (Å²) in [5.74, 6) is -1.41. The lowest BCUT2D eigenvalue weighted by atomic mass is 10.2. The molecule has 0 aliphatic heterocycles. The third-order valence-electron chi connectivity index (χ3n) is 3.16. The van der Waals surface area contributed by atoms with E-state index in [-0.39, 0.29) is 48.4 Å². The van der Waals surface area contributed by atoms with Crippen molar-refractivity contribution < 1.29 is 28.7 Å². The zero-order chi connectivity index (χ0) is 20.7. The number of nitrogens with zero attached hydrogens (tertiary/aromatic N) is 1. The van der Waals surface area contributed by atoms with Gasteiger partial charge in [-0.1, -0.05) is 6.07 Å². The first-order valence-electron chi connectivity index (χ1n) is 8.90. The van der Waals surface area contributed by atoms with Gasteiger partial charge in [-0.05, 0) is 24.6 Å². The zero-order valence-electron chi connectivity index (χ0n) is 16.2. The van der Waals surface area contributed by atoms with Crippen LogP contribution in [-0.4, -0.2) is 34.0 Å². The number of rotatable bonds is 7. The topological polar surface area (TPSA) is 121 Å². The minimum Gasteiger partial charge on any atom is -0.504 e. The molecule has 0 saturated carbocycles. The molecule has 132 valence electrons. The summed E-state index contributed by atoms with van der Waals surface area (Å²) in [6.45, 7) is 0. The fourth-order valence-electron chi connectivity index (χ4n) is 1.98. The van der Waals surface area contributed by atoms with E-state index in [0.717, 1.165) is 0 Å². The third kappa shape index (κ3) is 5.69. The van der Waals surface area contributed by atoms with Crippen LogP contribution < -0.4 is 15.4 Å². The van der Waals surface area contributed by atoms with Crippen LogP contribution >= 0.6 is 0 Å². The van der Waals surface area contributed by atoms with Gasteiger partial charge in [0.05, 0.1) is 11.2 Å². The molecule has 0 saturated heterocycles. The van der Waals surface area contributed by atoms with Crippen molar-refractivity contribution in [3.05, 3.63) is 36.4 Å². The molecular weight excluding hydrogens is 326 g/mol. The average molecular weight is 348 g/mol. The van der Waals surface area contributed by atoms with Gasteiger partial charge in [0.2, 0.25) is 17.7 Å². The van der Waals surface area contributed by atoms with Gasteiger partial charge in [-0.25, -0.2) is 0 Å². The summed E-state index contributed by atoms with van der Waals surface area (Å²) < 4.78 is 25.8. The maximum absolute atomic E-state index is 11.9. The molecular formula is C17H19N3O5. The Morgan fingerprint density at radius 2 is 1.88 bits per heavy atom. The van der Waals surface area contributed by atoms with Crippen molar-refractivity contribution in [1.82, 2.24) is 4.98 Å². The number of methoxy groups -OCH3 is 1. The van der Waals surface area contributed by atoms with Gasteiger partial charge in [0, 0.05) is 30.7 Å². The summed E-state index contributed by atoms with van der Waals surface area (Å²) >= 11 is 0. The van der Waals surface area contributed by atoms with Gasteiger partial charge in [-0.2, -0.15) is 4.98 Å². The number of phenols is 2. The van der Waals surface area contributed by atoms with Crippen molar-refractivity contribution in [3.63, 3.8) is 0 Å². The van der Waals surface area contributed by atoms with Crippen LogP contribution in [0.3, 0.4) is 0 Å². The van der Waals surface area contributed by atoms with E-state index in [0.29, 0.717) is 5.69 Å². The second kappa shape index (κ2) is 8.53. The summed E-state index contributed by atoms with van der Waals surface area (Å²) in [5.41, 5.74) is 0.319. The fraction of sp³-hybridized carbons (Fsp3) is 0.235. The second-order valence-electron chi connectivity index (χ2n) is 5.12. The van der Waals surface area contributed by atoms with Crippen molar-refractivity contribution in [2.75, 3.05) is 17.7 Å². The van der Waals surface area contributed by atoms with Crippen LogP contribution in [0.1, 0.15) is 23.4 Å². The molecule has 1 aromatic carbocycles. The number of amides is 2.